The average Bonchev–Trinajstić information content (AvgIpc) is 3.18. The molecule has 3 rings (SSSR count). The van der Waals surface area contributed by atoms with Gasteiger partial charge in [0.1, 0.15) is 17.6 Å². The van der Waals surface area contributed by atoms with Crippen molar-refractivity contribution in [2.24, 2.45) is 0 Å². The number of methoxy groups -OCH3 is 1. The number of nitrogens with zero attached hydrogens (tertiary/aromatic N) is 1. The van der Waals surface area contributed by atoms with E-state index in [-0.39, 0.29) is 24.3 Å². The number of carbonyl (C=O) groups excluding carboxylic acids is 2. The Bertz CT molecular complexity index is 810. The van der Waals surface area contributed by atoms with E-state index < -0.39 is 6.04 Å². The first-order chi connectivity index (χ1) is 13.1. The van der Waals surface area contributed by atoms with E-state index in [1.165, 1.54) is 24.1 Å². The Morgan fingerprint density at radius 1 is 1.19 bits per heavy atom. The second-order valence-electron chi connectivity index (χ2n) is 6.33. The Morgan fingerprint density at radius 3 is 2.67 bits per heavy atom. The van der Waals surface area contributed by atoms with Crippen LogP contribution in [0.15, 0.2) is 48.5 Å². The van der Waals surface area contributed by atoms with Crippen molar-refractivity contribution in [2.75, 3.05) is 19.0 Å². The third kappa shape index (κ3) is 4.55. The number of likely N-dealkylation sites (tertiary alicyclic amines) is 1. The van der Waals surface area contributed by atoms with E-state index in [0.717, 1.165) is 12.0 Å². The van der Waals surface area contributed by atoms with Crippen molar-refractivity contribution < 1.29 is 18.7 Å². The van der Waals surface area contributed by atoms with Crippen LogP contribution in [0.5, 0.6) is 5.75 Å². The quantitative estimate of drug-likeness (QED) is 0.848. The number of carbonyl (C=O) groups is 2. The van der Waals surface area contributed by atoms with Gasteiger partial charge in [0.2, 0.25) is 5.91 Å². The van der Waals surface area contributed by atoms with Gasteiger partial charge in [0.15, 0.2) is 0 Å². The van der Waals surface area contributed by atoms with Crippen LogP contribution in [0.1, 0.15) is 18.4 Å². The van der Waals surface area contributed by atoms with Crippen LogP contribution >= 0.6 is 0 Å². The zero-order valence-electron chi connectivity index (χ0n) is 15.1. The number of nitrogens with one attached hydrogen (secondary N) is 2. The van der Waals surface area contributed by atoms with Gasteiger partial charge in [-0.2, -0.15) is 0 Å². The number of hydrogen-bond donors (Lipinski definition) is 2. The Kier molecular flexibility index (Phi) is 5.90. The molecule has 2 N–H and O–H groups in total. The molecule has 0 spiro atoms. The standard InChI is InChI=1S/C20H22FN3O3/c1-27-18-7-3-2-5-16(18)23-20(26)24-12-4-6-17(24)19(25)22-13-14-8-10-15(21)11-9-14/h2-3,5,7-11,17H,4,6,12-13H2,1H3,(H,22,25)(H,23,26)/t17-/m1/s1. The molecule has 1 aliphatic heterocycles. The molecular formula is C20H22FN3O3. The molecule has 2 aromatic rings. The highest BCUT2D eigenvalue weighted by molar-refractivity contribution is 5.95. The van der Waals surface area contributed by atoms with E-state index in [9.17, 15) is 14.0 Å². The smallest absolute Gasteiger partial charge is 0.322 e. The lowest BCUT2D eigenvalue weighted by Gasteiger charge is -2.24. The van der Waals surface area contributed by atoms with Crippen LogP contribution in [-0.4, -0.2) is 36.5 Å². The fourth-order valence-electron chi connectivity index (χ4n) is 3.13. The van der Waals surface area contributed by atoms with Crippen LogP contribution in [-0.2, 0) is 11.3 Å². The number of benzene rings is 2. The molecule has 2 aromatic carbocycles. The lowest BCUT2D eigenvalue weighted by molar-refractivity contribution is -0.124. The number of amides is 3. The molecule has 0 bridgehead atoms. The van der Waals surface area contributed by atoms with Crippen LogP contribution in [0, 0.1) is 5.82 Å². The number of ether oxygens (including phenoxy) is 1. The molecule has 3 amide bonds. The second-order valence-corrected chi connectivity index (χ2v) is 6.33. The first kappa shape index (κ1) is 18.7. The average molecular weight is 371 g/mol. The summed E-state index contributed by atoms with van der Waals surface area (Å²) < 4.78 is 18.2. The largest absolute Gasteiger partial charge is 0.495 e. The lowest BCUT2D eigenvalue weighted by Crippen LogP contribution is -2.47. The second kappa shape index (κ2) is 8.53. The molecule has 0 radical (unpaired) electrons. The van der Waals surface area contributed by atoms with Crippen molar-refractivity contribution in [1.29, 1.82) is 0 Å². The first-order valence-electron chi connectivity index (χ1n) is 8.81. The third-order valence-electron chi connectivity index (χ3n) is 4.54. The molecule has 0 aliphatic carbocycles. The van der Waals surface area contributed by atoms with E-state index >= 15 is 0 Å². The van der Waals surface area contributed by atoms with Crippen LogP contribution in [0.3, 0.4) is 0 Å². The molecule has 142 valence electrons. The molecule has 0 saturated carbocycles. The molecule has 1 heterocycles. The number of urea groups is 1. The van der Waals surface area contributed by atoms with Gasteiger partial charge in [-0.3, -0.25) is 4.79 Å². The maximum absolute atomic E-state index is 13.0. The molecule has 7 heteroatoms. The summed E-state index contributed by atoms with van der Waals surface area (Å²) in [6.45, 7) is 0.799. The predicted octanol–water partition coefficient (Wildman–Crippen LogP) is 3.15. The fraction of sp³-hybridized carbons (Fsp3) is 0.300. The number of rotatable bonds is 5. The van der Waals surface area contributed by atoms with Gasteiger partial charge in [-0.15, -0.1) is 0 Å². The number of anilines is 1. The third-order valence-corrected chi connectivity index (χ3v) is 4.54. The molecule has 0 unspecified atom stereocenters. The molecule has 6 nitrogen and oxygen atoms in total. The molecule has 1 aliphatic rings. The number of hydrogen-bond acceptors (Lipinski definition) is 3. The minimum absolute atomic E-state index is 0.216. The SMILES string of the molecule is COc1ccccc1NC(=O)N1CCC[C@@H]1C(=O)NCc1ccc(F)cc1. The minimum Gasteiger partial charge on any atom is -0.495 e. The van der Waals surface area contributed by atoms with Crippen LogP contribution in [0.4, 0.5) is 14.9 Å². The van der Waals surface area contributed by atoms with Crippen molar-refractivity contribution >= 4 is 17.6 Å². The normalized spacial score (nSPS) is 16.1. The van der Waals surface area contributed by atoms with Gasteiger partial charge in [0, 0.05) is 13.1 Å². The number of para-hydroxylation sites is 2. The van der Waals surface area contributed by atoms with Gasteiger partial charge >= 0.3 is 6.03 Å². The van der Waals surface area contributed by atoms with Gasteiger partial charge in [-0.25, -0.2) is 9.18 Å². The topological polar surface area (TPSA) is 70.7 Å². The summed E-state index contributed by atoms with van der Waals surface area (Å²) in [7, 11) is 1.53. The Hall–Kier alpha value is -3.09. The molecule has 0 aromatic heterocycles. The monoisotopic (exact) mass is 371 g/mol. The van der Waals surface area contributed by atoms with Gasteiger partial charge in [0.25, 0.3) is 0 Å². The highest BCUT2D eigenvalue weighted by atomic mass is 19.1. The zero-order chi connectivity index (χ0) is 19.2. The maximum Gasteiger partial charge on any atom is 0.322 e. The molecule has 1 saturated heterocycles. The van der Waals surface area contributed by atoms with Crippen LogP contribution < -0.4 is 15.4 Å². The van der Waals surface area contributed by atoms with Crippen molar-refractivity contribution in [3.63, 3.8) is 0 Å². The summed E-state index contributed by atoms with van der Waals surface area (Å²) in [5, 5.41) is 5.63. The molecule has 27 heavy (non-hydrogen) atoms. The summed E-state index contributed by atoms with van der Waals surface area (Å²) in [5.74, 6) is 0.0226. The predicted molar refractivity (Wildman–Crippen MR) is 100.0 cm³/mol. The summed E-state index contributed by atoms with van der Waals surface area (Å²) in [5.41, 5.74) is 1.36. The van der Waals surface area contributed by atoms with Crippen molar-refractivity contribution in [1.82, 2.24) is 10.2 Å². The van der Waals surface area contributed by atoms with Crippen molar-refractivity contribution in [3.8, 4) is 5.75 Å². The Morgan fingerprint density at radius 2 is 1.93 bits per heavy atom. The number of halogens is 1. The van der Waals surface area contributed by atoms with E-state index in [2.05, 4.69) is 10.6 Å². The summed E-state index contributed by atoms with van der Waals surface area (Å²) in [6.07, 6.45) is 1.36. The Labute approximate surface area is 157 Å². The molecular weight excluding hydrogens is 349 g/mol. The molecule has 1 fully saturated rings. The van der Waals surface area contributed by atoms with Gasteiger partial charge in [-0.1, -0.05) is 24.3 Å². The van der Waals surface area contributed by atoms with Crippen molar-refractivity contribution in [3.05, 3.63) is 59.9 Å². The summed E-state index contributed by atoms with van der Waals surface area (Å²) in [6, 6.07) is 12.2. The fourth-order valence-corrected chi connectivity index (χ4v) is 3.13. The van der Waals surface area contributed by atoms with Crippen LogP contribution in [0.2, 0.25) is 0 Å². The first-order valence-corrected chi connectivity index (χ1v) is 8.81. The van der Waals surface area contributed by atoms with E-state index in [0.29, 0.717) is 24.4 Å². The summed E-state index contributed by atoms with van der Waals surface area (Å²) in [4.78, 5) is 26.7. The minimum atomic E-state index is -0.528. The zero-order valence-corrected chi connectivity index (χ0v) is 15.1. The highest BCUT2D eigenvalue weighted by Crippen LogP contribution is 2.25. The van der Waals surface area contributed by atoms with E-state index in [1.54, 1.807) is 30.3 Å². The van der Waals surface area contributed by atoms with Crippen LogP contribution in [0.25, 0.3) is 0 Å². The molecule has 1 atom stereocenters. The van der Waals surface area contributed by atoms with Gasteiger partial charge in [-0.05, 0) is 42.7 Å². The Balaban J connectivity index is 1.61. The summed E-state index contributed by atoms with van der Waals surface area (Å²) >= 11 is 0. The maximum atomic E-state index is 13.0. The highest BCUT2D eigenvalue weighted by Gasteiger charge is 2.34. The van der Waals surface area contributed by atoms with E-state index in [1.807, 2.05) is 6.07 Å². The lowest BCUT2D eigenvalue weighted by atomic mass is 10.2. The van der Waals surface area contributed by atoms with Gasteiger partial charge in [0.05, 0.1) is 12.8 Å². The van der Waals surface area contributed by atoms with E-state index in [4.69, 9.17) is 4.74 Å². The van der Waals surface area contributed by atoms with Crippen molar-refractivity contribution in [2.45, 2.75) is 25.4 Å². The van der Waals surface area contributed by atoms with Gasteiger partial charge < -0.3 is 20.3 Å².